The second-order valence-corrected chi connectivity index (χ2v) is 8.33. The van der Waals surface area contributed by atoms with Gasteiger partial charge in [0.05, 0.1) is 17.2 Å². The van der Waals surface area contributed by atoms with Crippen LogP contribution in [0.15, 0.2) is 29.2 Å². The third-order valence-corrected chi connectivity index (χ3v) is 5.55. The van der Waals surface area contributed by atoms with Gasteiger partial charge in [-0.05, 0) is 30.5 Å². The Morgan fingerprint density at radius 1 is 1.26 bits per heavy atom. The first-order chi connectivity index (χ1) is 11.0. The van der Waals surface area contributed by atoms with Crippen molar-refractivity contribution in [1.29, 1.82) is 0 Å². The van der Waals surface area contributed by atoms with Crippen LogP contribution in [-0.4, -0.2) is 53.2 Å². The van der Waals surface area contributed by atoms with Crippen LogP contribution in [0.1, 0.15) is 24.4 Å². The molecular formula is C16H25N3O3S. The fraction of sp³-hybridized carbons (Fsp3) is 0.625. The Morgan fingerprint density at radius 2 is 2.04 bits per heavy atom. The Morgan fingerprint density at radius 3 is 2.70 bits per heavy atom. The van der Waals surface area contributed by atoms with Crippen LogP contribution in [0.2, 0.25) is 0 Å². The summed E-state index contributed by atoms with van der Waals surface area (Å²) < 4.78 is 28.7. The van der Waals surface area contributed by atoms with Crippen molar-refractivity contribution < 1.29 is 13.2 Å². The molecule has 6 nitrogen and oxygen atoms in total. The van der Waals surface area contributed by atoms with E-state index in [0.717, 1.165) is 44.6 Å². The van der Waals surface area contributed by atoms with Gasteiger partial charge in [0, 0.05) is 38.5 Å². The van der Waals surface area contributed by atoms with E-state index in [2.05, 4.69) is 16.0 Å². The van der Waals surface area contributed by atoms with Crippen LogP contribution in [0, 0.1) is 0 Å². The maximum atomic E-state index is 11.5. The zero-order valence-electron chi connectivity index (χ0n) is 13.4. The highest BCUT2D eigenvalue weighted by molar-refractivity contribution is 7.90. The number of piperazine rings is 1. The van der Waals surface area contributed by atoms with E-state index >= 15 is 0 Å². The molecule has 0 saturated carbocycles. The molecule has 7 heteroatoms. The SMILES string of the molecule is CS(=O)(=O)c1ccc(C2CNCC(NCC3CCCO3)N2)cc1. The lowest BCUT2D eigenvalue weighted by atomic mass is 10.0. The van der Waals surface area contributed by atoms with E-state index in [0.29, 0.717) is 11.0 Å². The first-order valence-corrected chi connectivity index (χ1v) is 10.0. The van der Waals surface area contributed by atoms with Gasteiger partial charge in [-0.15, -0.1) is 0 Å². The third kappa shape index (κ3) is 4.51. The highest BCUT2D eigenvalue weighted by Gasteiger charge is 2.23. The molecule has 2 aliphatic rings. The van der Waals surface area contributed by atoms with Crippen molar-refractivity contribution >= 4 is 9.84 Å². The van der Waals surface area contributed by atoms with Crippen LogP contribution in [0.5, 0.6) is 0 Å². The number of nitrogens with one attached hydrogen (secondary N) is 3. The van der Waals surface area contributed by atoms with Crippen molar-refractivity contribution in [2.24, 2.45) is 0 Å². The minimum absolute atomic E-state index is 0.166. The molecule has 3 rings (SSSR count). The van der Waals surface area contributed by atoms with Gasteiger partial charge in [-0.1, -0.05) is 12.1 Å². The van der Waals surface area contributed by atoms with Crippen molar-refractivity contribution in [3.63, 3.8) is 0 Å². The Labute approximate surface area is 137 Å². The Kier molecular flexibility index (Phi) is 5.33. The molecule has 0 bridgehead atoms. The molecule has 23 heavy (non-hydrogen) atoms. The molecule has 3 N–H and O–H groups in total. The molecule has 0 aliphatic carbocycles. The predicted molar refractivity (Wildman–Crippen MR) is 89.1 cm³/mol. The summed E-state index contributed by atoms with van der Waals surface area (Å²) in [6.07, 6.45) is 4.02. The maximum Gasteiger partial charge on any atom is 0.175 e. The summed E-state index contributed by atoms with van der Waals surface area (Å²) in [6, 6.07) is 7.29. The molecule has 2 saturated heterocycles. The van der Waals surface area contributed by atoms with Gasteiger partial charge in [0.1, 0.15) is 0 Å². The average molecular weight is 339 g/mol. The highest BCUT2D eigenvalue weighted by Crippen LogP contribution is 2.18. The highest BCUT2D eigenvalue weighted by atomic mass is 32.2. The molecule has 2 fully saturated rings. The zero-order chi connectivity index (χ0) is 16.3. The molecule has 2 aliphatic heterocycles. The van der Waals surface area contributed by atoms with Crippen LogP contribution in [-0.2, 0) is 14.6 Å². The van der Waals surface area contributed by atoms with Gasteiger partial charge in [-0.25, -0.2) is 8.42 Å². The topological polar surface area (TPSA) is 79.5 Å². The average Bonchev–Trinajstić information content (AvgIpc) is 3.06. The largest absolute Gasteiger partial charge is 0.377 e. The molecule has 0 radical (unpaired) electrons. The quantitative estimate of drug-likeness (QED) is 0.721. The number of sulfone groups is 1. The molecule has 0 spiro atoms. The van der Waals surface area contributed by atoms with E-state index < -0.39 is 9.84 Å². The monoisotopic (exact) mass is 339 g/mol. The standard InChI is InChI=1S/C16H25N3O3S/c1-23(20,21)14-6-4-12(5-7-14)15-10-17-11-16(19-15)18-9-13-3-2-8-22-13/h4-7,13,15-19H,2-3,8-11H2,1H3. The smallest absolute Gasteiger partial charge is 0.175 e. The van der Waals surface area contributed by atoms with Crippen LogP contribution >= 0.6 is 0 Å². The van der Waals surface area contributed by atoms with Gasteiger partial charge in [-0.2, -0.15) is 0 Å². The lowest BCUT2D eigenvalue weighted by Gasteiger charge is -2.33. The van der Waals surface area contributed by atoms with Crippen LogP contribution in [0.4, 0.5) is 0 Å². The van der Waals surface area contributed by atoms with E-state index in [1.807, 2.05) is 12.1 Å². The Balaban J connectivity index is 1.57. The number of benzene rings is 1. The molecule has 1 aromatic rings. The van der Waals surface area contributed by atoms with Crippen molar-refractivity contribution in [1.82, 2.24) is 16.0 Å². The van der Waals surface area contributed by atoms with E-state index in [1.165, 1.54) is 6.26 Å². The summed E-state index contributed by atoms with van der Waals surface area (Å²) >= 11 is 0. The van der Waals surface area contributed by atoms with Crippen molar-refractivity contribution in [2.45, 2.75) is 36.0 Å². The molecule has 3 atom stereocenters. The fourth-order valence-electron chi connectivity index (χ4n) is 3.10. The van der Waals surface area contributed by atoms with Crippen molar-refractivity contribution in [2.75, 3.05) is 32.5 Å². The van der Waals surface area contributed by atoms with Crippen LogP contribution < -0.4 is 16.0 Å². The Bertz CT molecular complexity index is 612. The van der Waals surface area contributed by atoms with Gasteiger partial charge in [-0.3, -0.25) is 10.6 Å². The van der Waals surface area contributed by atoms with Gasteiger partial charge < -0.3 is 10.1 Å². The zero-order valence-corrected chi connectivity index (χ0v) is 14.2. The summed E-state index contributed by atoms with van der Waals surface area (Å²) in [5, 5.41) is 10.5. The number of hydrogen-bond donors (Lipinski definition) is 3. The lowest BCUT2D eigenvalue weighted by Crippen LogP contribution is -2.57. The van der Waals surface area contributed by atoms with E-state index in [-0.39, 0.29) is 12.2 Å². The van der Waals surface area contributed by atoms with E-state index in [4.69, 9.17) is 4.74 Å². The number of ether oxygens (including phenoxy) is 1. The molecule has 128 valence electrons. The molecule has 0 amide bonds. The van der Waals surface area contributed by atoms with Gasteiger partial charge >= 0.3 is 0 Å². The molecular weight excluding hydrogens is 314 g/mol. The normalized spacial score (nSPS) is 28.8. The van der Waals surface area contributed by atoms with Crippen LogP contribution in [0.3, 0.4) is 0 Å². The molecule has 2 heterocycles. The maximum absolute atomic E-state index is 11.5. The predicted octanol–water partition coefficient (Wildman–Crippen LogP) is 0.419. The van der Waals surface area contributed by atoms with Crippen molar-refractivity contribution in [3.05, 3.63) is 29.8 Å². The summed E-state index contributed by atoms with van der Waals surface area (Å²) in [6.45, 7) is 3.43. The fourth-order valence-corrected chi connectivity index (χ4v) is 3.73. The molecule has 0 aromatic heterocycles. The lowest BCUT2D eigenvalue weighted by molar-refractivity contribution is 0.104. The number of rotatable bonds is 5. The number of hydrogen-bond acceptors (Lipinski definition) is 6. The first kappa shape index (κ1) is 16.9. The van der Waals surface area contributed by atoms with Gasteiger partial charge in [0.15, 0.2) is 9.84 Å². The van der Waals surface area contributed by atoms with Gasteiger partial charge in [0.25, 0.3) is 0 Å². The summed E-state index contributed by atoms with van der Waals surface area (Å²) in [4.78, 5) is 0.359. The van der Waals surface area contributed by atoms with Crippen molar-refractivity contribution in [3.8, 4) is 0 Å². The van der Waals surface area contributed by atoms with Gasteiger partial charge in [0.2, 0.25) is 0 Å². The molecule has 3 unspecified atom stereocenters. The minimum Gasteiger partial charge on any atom is -0.377 e. The second-order valence-electron chi connectivity index (χ2n) is 6.31. The molecule has 1 aromatic carbocycles. The van der Waals surface area contributed by atoms with Crippen LogP contribution in [0.25, 0.3) is 0 Å². The first-order valence-electron chi connectivity index (χ1n) is 8.14. The summed E-state index contributed by atoms with van der Waals surface area (Å²) in [5.41, 5.74) is 1.09. The van der Waals surface area contributed by atoms with E-state index in [9.17, 15) is 8.42 Å². The summed E-state index contributed by atoms with van der Waals surface area (Å²) in [5.74, 6) is 0. The summed E-state index contributed by atoms with van der Waals surface area (Å²) in [7, 11) is -3.14. The minimum atomic E-state index is -3.14. The third-order valence-electron chi connectivity index (χ3n) is 4.43. The second kappa shape index (κ2) is 7.27. The Hall–Kier alpha value is -0.990. The van der Waals surface area contributed by atoms with E-state index in [1.54, 1.807) is 12.1 Å².